The Bertz CT molecular complexity index is 1330. The summed E-state index contributed by atoms with van der Waals surface area (Å²) in [7, 11) is 1.54. The molecule has 5 aromatic heterocycles. The quantitative estimate of drug-likeness (QED) is 0.447. The average Bonchev–Trinajstić information content (AvgIpc) is 3.36. The maximum absolute atomic E-state index is 5.90. The van der Waals surface area contributed by atoms with E-state index in [-0.39, 0.29) is 12.5 Å². The molecule has 0 atom stereocenters. The predicted molar refractivity (Wildman–Crippen MR) is 101 cm³/mol. The molecule has 0 spiro atoms. The molecule has 0 saturated heterocycles. The van der Waals surface area contributed by atoms with Gasteiger partial charge in [-0.15, -0.1) is 15.3 Å². The summed E-state index contributed by atoms with van der Waals surface area (Å²) in [5.41, 5.74) is 2.63. The summed E-state index contributed by atoms with van der Waals surface area (Å²) in [6, 6.07) is 9.15. The van der Waals surface area contributed by atoms with Gasteiger partial charge in [0.15, 0.2) is 17.1 Å². The first-order valence-corrected chi connectivity index (χ1v) is 8.78. The number of nitrogens with zero attached hydrogens (tertiary/aromatic N) is 7. The third-order valence-corrected chi connectivity index (χ3v) is 4.31. The van der Waals surface area contributed by atoms with Crippen LogP contribution in [-0.4, -0.2) is 42.0 Å². The van der Waals surface area contributed by atoms with Crippen LogP contribution in [0.15, 0.2) is 47.2 Å². The summed E-state index contributed by atoms with van der Waals surface area (Å²) >= 11 is 0. The fourth-order valence-electron chi connectivity index (χ4n) is 2.91. The Morgan fingerprint density at radius 3 is 2.90 bits per heavy atom. The van der Waals surface area contributed by atoms with Crippen molar-refractivity contribution in [3.05, 3.63) is 54.2 Å². The predicted octanol–water partition coefficient (Wildman–Crippen LogP) is 2.62. The van der Waals surface area contributed by atoms with Gasteiger partial charge in [-0.05, 0) is 25.1 Å². The minimum absolute atomic E-state index is 0.216. The van der Waals surface area contributed by atoms with Gasteiger partial charge in [0.2, 0.25) is 5.82 Å². The van der Waals surface area contributed by atoms with Crippen molar-refractivity contribution in [2.75, 3.05) is 7.11 Å². The van der Waals surface area contributed by atoms with Crippen molar-refractivity contribution < 1.29 is 14.0 Å². The van der Waals surface area contributed by atoms with Crippen LogP contribution in [0.3, 0.4) is 0 Å². The standard InChI is InChI=1S/C19H15N7O3/c1-11-7-15(25-29-11)18-23-22-17-8-16(27-2)19(24-26(17)18)28-10-13-4-3-12-9-20-6-5-14(12)21-13/h3-9H,10H2,1-2H3. The first kappa shape index (κ1) is 17.0. The zero-order valence-corrected chi connectivity index (χ0v) is 15.6. The molecule has 0 fully saturated rings. The molecule has 0 unspecified atom stereocenters. The molecule has 29 heavy (non-hydrogen) atoms. The highest BCUT2D eigenvalue weighted by Crippen LogP contribution is 2.28. The van der Waals surface area contributed by atoms with Crippen LogP contribution in [0.4, 0.5) is 0 Å². The molecule has 0 aliphatic heterocycles. The fourth-order valence-corrected chi connectivity index (χ4v) is 2.91. The van der Waals surface area contributed by atoms with Gasteiger partial charge < -0.3 is 14.0 Å². The number of hydrogen-bond acceptors (Lipinski definition) is 9. The summed E-state index contributed by atoms with van der Waals surface area (Å²) in [6.45, 7) is 2.02. The van der Waals surface area contributed by atoms with Crippen LogP contribution in [-0.2, 0) is 6.61 Å². The Balaban J connectivity index is 1.49. The molecule has 10 heteroatoms. The van der Waals surface area contributed by atoms with Gasteiger partial charge in [-0.2, -0.15) is 4.52 Å². The molecule has 0 aliphatic carbocycles. The van der Waals surface area contributed by atoms with Crippen LogP contribution in [0.5, 0.6) is 11.6 Å². The molecule has 5 aromatic rings. The number of aryl methyl sites for hydroxylation is 1. The van der Waals surface area contributed by atoms with E-state index in [0.717, 1.165) is 16.6 Å². The van der Waals surface area contributed by atoms with E-state index in [2.05, 4.69) is 30.4 Å². The van der Waals surface area contributed by atoms with Crippen LogP contribution < -0.4 is 9.47 Å². The normalized spacial score (nSPS) is 11.2. The van der Waals surface area contributed by atoms with Crippen molar-refractivity contribution in [1.29, 1.82) is 0 Å². The Morgan fingerprint density at radius 1 is 1.14 bits per heavy atom. The van der Waals surface area contributed by atoms with E-state index in [9.17, 15) is 0 Å². The molecule has 0 amide bonds. The van der Waals surface area contributed by atoms with Gasteiger partial charge in [-0.25, -0.2) is 4.98 Å². The molecule has 0 N–H and O–H groups in total. The van der Waals surface area contributed by atoms with E-state index >= 15 is 0 Å². The minimum atomic E-state index is 0.216. The summed E-state index contributed by atoms with van der Waals surface area (Å²) in [6.07, 6.45) is 3.47. The maximum Gasteiger partial charge on any atom is 0.275 e. The number of ether oxygens (including phenoxy) is 2. The lowest BCUT2D eigenvalue weighted by Crippen LogP contribution is -2.05. The van der Waals surface area contributed by atoms with E-state index in [1.807, 2.05) is 18.2 Å². The van der Waals surface area contributed by atoms with E-state index in [4.69, 9.17) is 14.0 Å². The molecule has 0 aliphatic rings. The zero-order valence-electron chi connectivity index (χ0n) is 15.6. The van der Waals surface area contributed by atoms with E-state index in [1.54, 1.807) is 38.6 Å². The van der Waals surface area contributed by atoms with Crippen LogP contribution in [0.25, 0.3) is 28.1 Å². The van der Waals surface area contributed by atoms with Crippen molar-refractivity contribution in [3.8, 4) is 23.1 Å². The lowest BCUT2D eigenvalue weighted by molar-refractivity contribution is 0.264. The molecular formula is C19H15N7O3. The van der Waals surface area contributed by atoms with Crippen molar-refractivity contribution in [1.82, 2.24) is 34.9 Å². The van der Waals surface area contributed by atoms with Gasteiger partial charge in [0.05, 0.1) is 18.3 Å². The van der Waals surface area contributed by atoms with Crippen molar-refractivity contribution in [3.63, 3.8) is 0 Å². The fraction of sp³-hybridized carbons (Fsp3) is 0.158. The highest BCUT2D eigenvalue weighted by atomic mass is 16.5. The molecular weight excluding hydrogens is 374 g/mol. The van der Waals surface area contributed by atoms with Crippen LogP contribution >= 0.6 is 0 Å². The molecule has 0 saturated carbocycles. The average molecular weight is 389 g/mol. The van der Waals surface area contributed by atoms with Gasteiger partial charge in [0.1, 0.15) is 12.4 Å². The smallest absolute Gasteiger partial charge is 0.275 e. The summed E-state index contributed by atoms with van der Waals surface area (Å²) < 4.78 is 18.0. The summed E-state index contributed by atoms with van der Waals surface area (Å²) in [5.74, 6) is 1.84. The summed E-state index contributed by atoms with van der Waals surface area (Å²) in [4.78, 5) is 8.67. The Labute approximate surface area is 164 Å². The van der Waals surface area contributed by atoms with Gasteiger partial charge in [0, 0.05) is 29.9 Å². The van der Waals surface area contributed by atoms with Crippen molar-refractivity contribution >= 4 is 16.6 Å². The molecule has 10 nitrogen and oxygen atoms in total. The molecule has 0 aromatic carbocycles. The van der Waals surface area contributed by atoms with Gasteiger partial charge in [-0.3, -0.25) is 4.98 Å². The van der Waals surface area contributed by atoms with E-state index in [0.29, 0.717) is 28.7 Å². The number of methoxy groups -OCH3 is 1. The number of rotatable bonds is 5. The Morgan fingerprint density at radius 2 is 2.07 bits per heavy atom. The molecule has 144 valence electrons. The molecule has 5 rings (SSSR count). The lowest BCUT2D eigenvalue weighted by atomic mass is 10.2. The van der Waals surface area contributed by atoms with Crippen molar-refractivity contribution in [2.45, 2.75) is 13.5 Å². The molecule has 0 radical (unpaired) electrons. The first-order chi connectivity index (χ1) is 14.2. The third kappa shape index (κ3) is 3.10. The Kier molecular flexibility index (Phi) is 4.01. The SMILES string of the molecule is COc1cc2nnc(-c3cc(C)on3)n2nc1OCc1ccc2cnccc2n1. The first-order valence-electron chi connectivity index (χ1n) is 8.78. The second-order valence-electron chi connectivity index (χ2n) is 6.29. The largest absolute Gasteiger partial charge is 0.491 e. The van der Waals surface area contributed by atoms with Gasteiger partial charge in [-0.1, -0.05) is 5.16 Å². The maximum atomic E-state index is 5.90. The second-order valence-corrected chi connectivity index (χ2v) is 6.29. The monoisotopic (exact) mass is 389 g/mol. The topological polar surface area (TPSA) is 113 Å². The van der Waals surface area contributed by atoms with E-state index < -0.39 is 0 Å². The Hall–Kier alpha value is -4.08. The molecule has 0 bridgehead atoms. The number of aromatic nitrogens is 7. The lowest BCUT2D eigenvalue weighted by Gasteiger charge is -2.10. The van der Waals surface area contributed by atoms with Gasteiger partial charge >= 0.3 is 0 Å². The number of hydrogen-bond donors (Lipinski definition) is 0. The van der Waals surface area contributed by atoms with Gasteiger partial charge in [0.25, 0.3) is 5.88 Å². The van der Waals surface area contributed by atoms with Crippen LogP contribution in [0, 0.1) is 6.92 Å². The number of fused-ring (bicyclic) bond motifs is 2. The van der Waals surface area contributed by atoms with Crippen LogP contribution in [0.2, 0.25) is 0 Å². The minimum Gasteiger partial charge on any atom is -0.491 e. The second kappa shape index (κ2) is 6.82. The number of pyridine rings is 2. The van der Waals surface area contributed by atoms with E-state index in [1.165, 1.54) is 4.52 Å². The highest BCUT2D eigenvalue weighted by Gasteiger charge is 2.18. The highest BCUT2D eigenvalue weighted by molar-refractivity contribution is 5.77. The van der Waals surface area contributed by atoms with Crippen molar-refractivity contribution in [2.24, 2.45) is 0 Å². The summed E-state index contributed by atoms with van der Waals surface area (Å²) in [5, 5.41) is 17.7. The molecule has 5 heterocycles. The zero-order chi connectivity index (χ0) is 19.8. The van der Waals surface area contributed by atoms with Crippen LogP contribution in [0.1, 0.15) is 11.5 Å². The third-order valence-electron chi connectivity index (χ3n) is 4.31.